The third kappa shape index (κ3) is 3.85. The van der Waals surface area contributed by atoms with Crippen LogP contribution in [0, 0.1) is 16.0 Å². The van der Waals surface area contributed by atoms with Crippen LogP contribution in [0.1, 0.15) is 23.4 Å². The molecule has 1 aliphatic rings. The first-order valence-corrected chi connectivity index (χ1v) is 8.41. The maximum atomic E-state index is 12.4. The van der Waals surface area contributed by atoms with E-state index in [9.17, 15) is 19.7 Å². The van der Waals surface area contributed by atoms with Gasteiger partial charge in [-0.15, -0.1) is 0 Å². The van der Waals surface area contributed by atoms with Crippen molar-refractivity contribution in [3.8, 4) is 0 Å². The van der Waals surface area contributed by atoms with E-state index in [1.807, 2.05) is 0 Å². The molecule has 0 unspecified atom stereocenters. The fraction of sp³-hybridized carbons (Fsp3) is 0.294. The molecule has 1 aromatic heterocycles. The number of likely N-dealkylation sites (tertiary alicyclic amines) is 1. The van der Waals surface area contributed by atoms with Crippen molar-refractivity contribution in [2.45, 2.75) is 12.8 Å². The van der Waals surface area contributed by atoms with E-state index >= 15 is 0 Å². The Kier molecular flexibility index (Phi) is 5.22. The predicted octanol–water partition coefficient (Wildman–Crippen LogP) is 3.33. The fourth-order valence-electron chi connectivity index (χ4n) is 2.88. The monoisotopic (exact) mass is 377 g/mol. The zero-order valence-corrected chi connectivity index (χ0v) is 14.4. The molecule has 0 saturated carbocycles. The zero-order valence-electron chi connectivity index (χ0n) is 13.7. The molecule has 0 radical (unpaired) electrons. The minimum Gasteiger partial charge on any atom is -0.459 e. The molecule has 0 aliphatic carbocycles. The van der Waals surface area contributed by atoms with Gasteiger partial charge in [0.2, 0.25) is 5.91 Å². The Bertz CT molecular complexity index is 829. The Labute approximate surface area is 153 Å². The molecule has 1 N–H and O–H groups in total. The number of piperidine rings is 1. The molecular weight excluding hydrogens is 362 g/mol. The Balaban J connectivity index is 1.58. The molecule has 26 heavy (non-hydrogen) atoms. The van der Waals surface area contributed by atoms with Crippen molar-refractivity contribution in [1.82, 2.24) is 4.90 Å². The van der Waals surface area contributed by atoms with Gasteiger partial charge in [-0.3, -0.25) is 19.7 Å². The summed E-state index contributed by atoms with van der Waals surface area (Å²) in [5.41, 5.74) is 0.0588. The van der Waals surface area contributed by atoms with Crippen molar-refractivity contribution in [1.29, 1.82) is 0 Å². The van der Waals surface area contributed by atoms with Crippen LogP contribution in [0.25, 0.3) is 0 Å². The van der Waals surface area contributed by atoms with Crippen molar-refractivity contribution in [2.75, 3.05) is 18.4 Å². The molecule has 2 amide bonds. The minimum atomic E-state index is -0.600. The summed E-state index contributed by atoms with van der Waals surface area (Å²) in [6.07, 6.45) is 2.46. The Morgan fingerprint density at radius 3 is 2.62 bits per heavy atom. The Morgan fingerprint density at radius 2 is 2.00 bits per heavy atom. The van der Waals surface area contributed by atoms with E-state index < -0.39 is 4.92 Å². The van der Waals surface area contributed by atoms with E-state index in [1.54, 1.807) is 17.0 Å². The van der Waals surface area contributed by atoms with E-state index in [0.29, 0.717) is 31.6 Å². The number of rotatable bonds is 4. The highest BCUT2D eigenvalue weighted by molar-refractivity contribution is 6.32. The lowest BCUT2D eigenvalue weighted by Gasteiger charge is -2.30. The maximum Gasteiger partial charge on any atom is 0.289 e. The standard InChI is InChI=1S/C17H16ClN3O5/c18-13-4-3-12(10-14(13)21(24)25)19-16(22)11-5-7-20(8-6-11)17(23)15-2-1-9-26-15/h1-4,9-11H,5-8H2,(H,19,22). The second kappa shape index (κ2) is 7.57. The van der Waals surface area contributed by atoms with Gasteiger partial charge in [0.25, 0.3) is 11.6 Å². The summed E-state index contributed by atoms with van der Waals surface area (Å²) in [5.74, 6) is -0.416. The second-order valence-corrected chi connectivity index (χ2v) is 6.36. The van der Waals surface area contributed by atoms with E-state index in [4.69, 9.17) is 16.0 Å². The summed E-state index contributed by atoms with van der Waals surface area (Å²) in [6.45, 7) is 0.886. The SMILES string of the molecule is O=C(Nc1ccc(Cl)c([N+](=O)[O-])c1)C1CCN(C(=O)c2ccco2)CC1. The van der Waals surface area contributed by atoms with Crippen molar-refractivity contribution >= 4 is 34.8 Å². The largest absolute Gasteiger partial charge is 0.459 e. The van der Waals surface area contributed by atoms with Crippen LogP contribution < -0.4 is 5.32 Å². The van der Waals surface area contributed by atoms with E-state index in [-0.39, 0.29) is 34.2 Å². The highest BCUT2D eigenvalue weighted by atomic mass is 35.5. The molecule has 9 heteroatoms. The number of hydrogen-bond acceptors (Lipinski definition) is 5. The van der Waals surface area contributed by atoms with Crippen LogP contribution in [-0.2, 0) is 4.79 Å². The molecule has 1 aromatic carbocycles. The number of amides is 2. The van der Waals surface area contributed by atoms with Gasteiger partial charge in [-0.1, -0.05) is 11.6 Å². The van der Waals surface area contributed by atoms with Gasteiger partial charge in [0.1, 0.15) is 5.02 Å². The van der Waals surface area contributed by atoms with Gasteiger partial charge >= 0.3 is 0 Å². The van der Waals surface area contributed by atoms with E-state index in [0.717, 1.165) is 0 Å². The lowest BCUT2D eigenvalue weighted by molar-refractivity contribution is -0.384. The molecule has 2 aromatic rings. The molecular formula is C17H16ClN3O5. The van der Waals surface area contributed by atoms with Gasteiger partial charge in [0, 0.05) is 30.8 Å². The molecule has 136 valence electrons. The van der Waals surface area contributed by atoms with Crippen molar-refractivity contribution in [2.24, 2.45) is 5.92 Å². The molecule has 8 nitrogen and oxygen atoms in total. The smallest absolute Gasteiger partial charge is 0.289 e. The molecule has 3 rings (SSSR count). The van der Waals surface area contributed by atoms with Gasteiger partial charge in [0.15, 0.2) is 5.76 Å². The number of nitro groups is 1. The number of furan rings is 1. The summed E-state index contributed by atoms with van der Waals surface area (Å²) < 4.78 is 5.11. The zero-order chi connectivity index (χ0) is 18.7. The van der Waals surface area contributed by atoms with Gasteiger partial charge in [-0.25, -0.2) is 0 Å². The number of anilines is 1. The normalized spacial score (nSPS) is 14.9. The van der Waals surface area contributed by atoms with Gasteiger partial charge in [-0.05, 0) is 37.1 Å². The molecule has 2 heterocycles. The highest BCUT2D eigenvalue weighted by Crippen LogP contribution is 2.28. The number of carbonyl (C=O) groups is 2. The molecule has 1 aliphatic heterocycles. The second-order valence-electron chi connectivity index (χ2n) is 5.96. The minimum absolute atomic E-state index is 0.0118. The van der Waals surface area contributed by atoms with Crippen molar-refractivity contribution in [3.63, 3.8) is 0 Å². The summed E-state index contributed by atoms with van der Waals surface area (Å²) in [7, 11) is 0. The Hall–Kier alpha value is -2.87. The van der Waals surface area contributed by atoms with Gasteiger partial charge in [0.05, 0.1) is 11.2 Å². The Morgan fingerprint density at radius 1 is 1.27 bits per heavy atom. The van der Waals surface area contributed by atoms with Crippen LogP contribution in [0.3, 0.4) is 0 Å². The summed E-state index contributed by atoms with van der Waals surface area (Å²) in [5, 5.41) is 13.6. The van der Waals surface area contributed by atoms with Crippen LogP contribution in [0.2, 0.25) is 5.02 Å². The van der Waals surface area contributed by atoms with Crippen molar-refractivity contribution < 1.29 is 18.9 Å². The number of nitrogens with zero attached hydrogens (tertiary/aromatic N) is 2. The first-order chi connectivity index (χ1) is 12.5. The molecule has 1 saturated heterocycles. The molecule has 0 atom stereocenters. The van der Waals surface area contributed by atoms with Gasteiger partial charge in [-0.2, -0.15) is 0 Å². The molecule has 0 bridgehead atoms. The summed E-state index contributed by atoms with van der Waals surface area (Å²) in [4.78, 5) is 36.6. The number of halogens is 1. The number of nitro benzene ring substituents is 1. The topological polar surface area (TPSA) is 106 Å². The van der Waals surface area contributed by atoms with Crippen LogP contribution >= 0.6 is 11.6 Å². The van der Waals surface area contributed by atoms with E-state index in [1.165, 1.54) is 24.5 Å². The molecule has 0 spiro atoms. The fourth-order valence-corrected chi connectivity index (χ4v) is 3.06. The number of hydrogen-bond donors (Lipinski definition) is 1. The van der Waals surface area contributed by atoms with Crippen LogP contribution in [0.15, 0.2) is 41.0 Å². The third-order valence-electron chi connectivity index (χ3n) is 4.30. The van der Waals surface area contributed by atoms with Crippen LogP contribution in [0.5, 0.6) is 0 Å². The van der Waals surface area contributed by atoms with Crippen LogP contribution in [-0.4, -0.2) is 34.7 Å². The highest BCUT2D eigenvalue weighted by Gasteiger charge is 2.29. The first kappa shape index (κ1) is 17.9. The third-order valence-corrected chi connectivity index (χ3v) is 4.61. The average Bonchev–Trinajstić information content (AvgIpc) is 3.17. The number of carbonyl (C=O) groups excluding carboxylic acids is 2. The van der Waals surface area contributed by atoms with Crippen LogP contribution in [0.4, 0.5) is 11.4 Å². The van der Waals surface area contributed by atoms with Gasteiger partial charge < -0.3 is 14.6 Å². The maximum absolute atomic E-state index is 12.4. The predicted molar refractivity (Wildman–Crippen MR) is 94.1 cm³/mol. The first-order valence-electron chi connectivity index (χ1n) is 8.03. The number of benzene rings is 1. The number of nitrogens with one attached hydrogen (secondary N) is 1. The van der Waals surface area contributed by atoms with Crippen molar-refractivity contribution in [3.05, 3.63) is 57.5 Å². The lowest BCUT2D eigenvalue weighted by atomic mass is 9.95. The van der Waals surface area contributed by atoms with E-state index in [2.05, 4.69) is 5.32 Å². The average molecular weight is 378 g/mol. The summed E-state index contributed by atoms with van der Waals surface area (Å²) in [6, 6.07) is 7.38. The summed E-state index contributed by atoms with van der Waals surface area (Å²) >= 11 is 5.76. The lowest BCUT2D eigenvalue weighted by Crippen LogP contribution is -2.41. The molecule has 1 fully saturated rings. The quantitative estimate of drug-likeness (QED) is 0.649.